The number of carbonyl (C=O) groups excluding carboxylic acids is 2. The molecule has 1 saturated heterocycles. The number of rotatable bonds is 3. The third-order valence-electron chi connectivity index (χ3n) is 2.73. The molecule has 17 heavy (non-hydrogen) atoms. The Morgan fingerprint density at radius 2 is 1.94 bits per heavy atom. The summed E-state index contributed by atoms with van der Waals surface area (Å²) in [6.07, 6.45) is -1.10. The number of urea groups is 1. The van der Waals surface area contributed by atoms with Crippen molar-refractivity contribution in [3.8, 4) is 0 Å². The number of imide groups is 1. The predicted octanol–water partition coefficient (Wildman–Crippen LogP) is 1.27. The molecule has 1 heterocycles. The maximum absolute atomic E-state index is 11.5. The summed E-state index contributed by atoms with van der Waals surface area (Å²) in [7, 11) is 1.53. The van der Waals surface area contributed by atoms with E-state index in [1.54, 1.807) is 0 Å². The van der Waals surface area contributed by atoms with Gasteiger partial charge in [0.1, 0.15) is 0 Å². The minimum Gasteiger partial charge on any atom is -0.341 e. The first-order valence-electron chi connectivity index (χ1n) is 5.37. The van der Waals surface area contributed by atoms with Crippen molar-refractivity contribution in [1.29, 1.82) is 0 Å². The zero-order valence-corrected chi connectivity index (χ0v) is 9.71. The molecule has 0 bridgehead atoms. The summed E-state index contributed by atoms with van der Waals surface area (Å²) in [6, 6.07) is 9.12. The van der Waals surface area contributed by atoms with Crippen LogP contribution in [0.1, 0.15) is 18.6 Å². The van der Waals surface area contributed by atoms with Crippen molar-refractivity contribution in [3.63, 3.8) is 0 Å². The number of hydrogen-bond acceptors (Lipinski definition) is 3. The molecule has 3 amide bonds. The monoisotopic (exact) mass is 234 g/mol. The number of ether oxygens (including phenoxy) is 1. The quantitative estimate of drug-likeness (QED) is 0.801. The summed E-state index contributed by atoms with van der Waals surface area (Å²) in [5.74, 6) is -0.416. The summed E-state index contributed by atoms with van der Waals surface area (Å²) in [5.41, 5.74) is 0.966. The lowest BCUT2D eigenvalue weighted by Gasteiger charge is -2.21. The maximum atomic E-state index is 11.5. The number of carbonyl (C=O) groups is 2. The normalized spacial score (nSPS) is 21.5. The van der Waals surface area contributed by atoms with E-state index in [9.17, 15) is 9.59 Å². The summed E-state index contributed by atoms with van der Waals surface area (Å²) in [6.45, 7) is 1.85. The number of hydrogen-bond donors (Lipinski definition) is 1. The molecule has 1 aliphatic heterocycles. The Bertz CT molecular complexity index is 433. The van der Waals surface area contributed by atoms with E-state index in [1.165, 1.54) is 11.9 Å². The third kappa shape index (κ3) is 2.29. The maximum Gasteiger partial charge on any atom is 0.326 e. The van der Waals surface area contributed by atoms with Gasteiger partial charge in [0.25, 0.3) is 5.91 Å². The number of amides is 3. The van der Waals surface area contributed by atoms with E-state index in [-0.39, 0.29) is 6.10 Å². The van der Waals surface area contributed by atoms with Crippen molar-refractivity contribution in [1.82, 2.24) is 10.2 Å². The van der Waals surface area contributed by atoms with Crippen LogP contribution in [-0.2, 0) is 9.53 Å². The van der Waals surface area contributed by atoms with Gasteiger partial charge in [-0.05, 0) is 12.5 Å². The second-order valence-corrected chi connectivity index (χ2v) is 3.95. The Balaban J connectivity index is 2.07. The minimum atomic E-state index is -0.849. The Morgan fingerprint density at radius 1 is 1.29 bits per heavy atom. The highest BCUT2D eigenvalue weighted by Crippen LogP contribution is 2.20. The highest BCUT2D eigenvalue weighted by molar-refractivity contribution is 6.03. The molecule has 1 fully saturated rings. The van der Waals surface area contributed by atoms with Crippen molar-refractivity contribution in [2.75, 3.05) is 7.05 Å². The van der Waals surface area contributed by atoms with Crippen molar-refractivity contribution in [3.05, 3.63) is 35.9 Å². The van der Waals surface area contributed by atoms with Gasteiger partial charge in [-0.15, -0.1) is 0 Å². The molecule has 1 N–H and O–H groups in total. The average molecular weight is 234 g/mol. The summed E-state index contributed by atoms with van der Waals surface area (Å²) in [5, 5.41) is 2.20. The van der Waals surface area contributed by atoms with Gasteiger partial charge in [-0.25, -0.2) is 4.79 Å². The van der Waals surface area contributed by atoms with Gasteiger partial charge in [0.15, 0.2) is 0 Å². The van der Waals surface area contributed by atoms with Crippen LogP contribution in [0.5, 0.6) is 0 Å². The van der Waals surface area contributed by atoms with Gasteiger partial charge in [0, 0.05) is 7.05 Å². The SMILES string of the molecule is C[C@@H](O[C@@H]1C(=O)NC(=O)N1C)c1ccccc1. The fourth-order valence-corrected chi connectivity index (χ4v) is 1.69. The van der Waals surface area contributed by atoms with Crippen LogP contribution in [0.25, 0.3) is 0 Å². The molecule has 2 rings (SSSR count). The predicted molar refractivity (Wildman–Crippen MR) is 61.0 cm³/mol. The minimum absolute atomic E-state index is 0.250. The molecule has 2 atom stereocenters. The molecule has 0 unspecified atom stereocenters. The van der Waals surface area contributed by atoms with Crippen LogP contribution in [0.15, 0.2) is 30.3 Å². The molecule has 1 aromatic rings. The van der Waals surface area contributed by atoms with Crippen LogP contribution in [0.3, 0.4) is 0 Å². The van der Waals surface area contributed by atoms with Crippen LogP contribution >= 0.6 is 0 Å². The lowest BCUT2D eigenvalue weighted by atomic mass is 10.1. The largest absolute Gasteiger partial charge is 0.341 e. The average Bonchev–Trinajstić information content (AvgIpc) is 2.57. The van der Waals surface area contributed by atoms with Gasteiger partial charge < -0.3 is 4.74 Å². The summed E-state index contributed by atoms with van der Waals surface area (Å²) >= 11 is 0. The Morgan fingerprint density at radius 3 is 2.47 bits per heavy atom. The van der Waals surface area contributed by atoms with Crippen LogP contribution in [0, 0.1) is 0 Å². The number of benzene rings is 1. The van der Waals surface area contributed by atoms with Crippen LogP contribution < -0.4 is 5.32 Å². The van der Waals surface area contributed by atoms with E-state index in [0.29, 0.717) is 0 Å². The topological polar surface area (TPSA) is 58.6 Å². The van der Waals surface area contributed by atoms with Crippen molar-refractivity contribution < 1.29 is 14.3 Å². The molecule has 1 aliphatic rings. The second kappa shape index (κ2) is 4.55. The highest BCUT2D eigenvalue weighted by Gasteiger charge is 2.37. The van der Waals surface area contributed by atoms with E-state index in [0.717, 1.165) is 5.56 Å². The summed E-state index contributed by atoms with van der Waals surface area (Å²) < 4.78 is 5.59. The van der Waals surface area contributed by atoms with Crippen LogP contribution in [0.4, 0.5) is 4.79 Å². The van der Waals surface area contributed by atoms with Crippen LogP contribution in [-0.4, -0.2) is 30.1 Å². The summed E-state index contributed by atoms with van der Waals surface area (Å²) in [4.78, 5) is 23.9. The van der Waals surface area contributed by atoms with Gasteiger partial charge in [-0.1, -0.05) is 30.3 Å². The van der Waals surface area contributed by atoms with Gasteiger partial charge in [-0.2, -0.15) is 0 Å². The third-order valence-corrected chi connectivity index (χ3v) is 2.73. The standard InChI is InChI=1S/C12H14N2O3/c1-8(9-6-4-3-5-7-9)17-11-10(15)13-12(16)14(11)2/h3-8,11H,1-2H3,(H,13,15,16)/t8-,11-/m1/s1. The van der Waals surface area contributed by atoms with Gasteiger partial charge >= 0.3 is 6.03 Å². The van der Waals surface area contributed by atoms with E-state index in [4.69, 9.17) is 4.74 Å². The molecular weight excluding hydrogens is 220 g/mol. The number of nitrogens with one attached hydrogen (secondary N) is 1. The first-order chi connectivity index (χ1) is 8.09. The Kier molecular flexibility index (Phi) is 3.10. The molecule has 5 heteroatoms. The van der Waals surface area contributed by atoms with Crippen molar-refractivity contribution in [2.24, 2.45) is 0 Å². The van der Waals surface area contributed by atoms with Gasteiger partial charge in [-0.3, -0.25) is 15.0 Å². The van der Waals surface area contributed by atoms with E-state index in [2.05, 4.69) is 5.32 Å². The van der Waals surface area contributed by atoms with E-state index < -0.39 is 18.2 Å². The zero-order chi connectivity index (χ0) is 12.4. The molecule has 0 spiro atoms. The van der Waals surface area contributed by atoms with Gasteiger partial charge in [0.2, 0.25) is 6.23 Å². The molecule has 0 saturated carbocycles. The number of nitrogens with zero attached hydrogens (tertiary/aromatic N) is 1. The van der Waals surface area contributed by atoms with Crippen LogP contribution in [0.2, 0.25) is 0 Å². The second-order valence-electron chi connectivity index (χ2n) is 3.95. The molecule has 0 aliphatic carbocycles. The molecule has 90 valence electrons. The van der Waals surface area contributed by atoms with Crippen molar-refractivity contribution >= 4 is 11.9 Å². The lowest BCUT2D eigenvalue weighted by Crippen LogP contribution is -2.34. The fourth-order valence-electron chi connectivity index (χ4n) is 1.69. The fraction of sp³-hybridized carbons (Fsp3) is 0.333. The van der Waals surface area contributed by atoms with Gasteiger partial charge in [0.05, 0.1) is 6.10 Å². The molecule has 0 radical (unpaired) electrons. The first kappa shape index (κ1) is 11.6. The smallest absolute Gasteiger partial charge is 0.326 e. The van der Waals surface area contributed by atoms with Crippen molar-refractivity contribution in [2.45, 2.75) is 19.3 Å². The molecule has 1 aromatic carbocycles. The first-order valence-corrected chi connectivity index (χ1v) is 5.37. The zero-order valence-electron chi connectivity index (χ0n) is 9.71. The molecule has 0 aromatic heterocycles. The molecule has 5 nitrogen and oxygen atoms in total. The Hall–Kier alpha value is -1.88. The van der Waals surface area contributed by atoms with E-state index >= 15 is 0 Å². The lowest BCUT2D eigenvalue weighted by molar-refractivity contribution is -0.140. The van der Waals surface area contributed by atoms with E-state index in [1.807, 2.05) is 37.3 Å². The molecular formula is C12H14N2O3. The Labute approximate surface area is 99.4 Å². The number of likely N-dealkylation sites (N-methyl/N-ethyl adjacent to an activating group) is 1. The highest BCUT2D eigenvalue weighted by atomic mass is 16.5.